The Morgan fingerprint density at radius 3 is 2.71 bits per heavy atom. The molecule has 3 rings (SSSR count). The lowest BCUT2D eigenvalue weighted by Crippen LogP contribution is -2.01. The zero-order valence-corrected chi connectivity index (χ0v) is 14.3. The number of benzene rings is 1. The maximum atomic E-state index is 12.1. The molecule has 0 bridgehead atoms. The number of hydrogen-bond donors (Lipinski definition) is 0. The molecule has 0 aliphatic carbocycles. The van der Waals surface area contributed by atoms with Gasteiger partial charge in [-0.15, -0.1) is 10.2 Å². The number of Topliss-reactive ketones (excluding diaryl/α,β-unsaturated/α-hetero) is 1. The van der Waals surface area contributed by atoms with E-state index in [1.165, 1.54) is 0 Å². The van der Waals surface area contributed by atoms with Gasteiger partial charge in [0.2, 0.25) is 0 Å². The highest BCUT2D eigenvalue weighted by Gasteiger charge is 2.15. The standard InChI is InChI=1S/C18H19N3O2S/c1-2-21-17(16-11-6-12-23-16)19-20-18(21)24-13-7-10-15(22)14-8-4-3-5-9-14/h3-6,8-9,11-12H,2,7,10,13H2,1H3. The molecule has 5 nitrogen and oxygen atoms in total. The summed E-state index contributed by atoms with van der Waals surface area (Å²) in [5.74, 6) is 2.47. The zero-order chi connectivity index (χ0) is 16.8. The molecule has 2 heterocycles. The SMILES string of the molecule is CCn1c(SCCCC(=O)c2ccccc2)nnc1-c1ccco1. The summed E-state index contributed by atoms with van der Waals surface area (Å²) in [6.45, 7) is 2.83. The fourth-order valence-corrected chi connectivity index (χ4v) is 3.37. The van der Waals surface area contributed by atoms with Crippen LogP contribution in [0, 0.1) is 0 Å². The molecule has 0 aliphatic rings. The lowest BCUT2D eigenvalue weighted by Gasteiger charge is -2.05. The lowest BCUT2D eigenvalue weighted by atomic mass is 10.1. The van der Waals surface area contributed by atoms with E-state index in [9.17, 15) is 4.79 Å². The van der Waals surface area contributed by atoms with Crippen LogP contribution in [-0.4, -0.2) is 26.3 Å². The molecule has 0 spiro atoms. The fourth-order valence-electron chi connectivity index (χ4n) is 2.43. The quantitative estimate of drug-likeness (QED) is 0.347. The van der Waals surface area contributed by atoms with Gasteiger partial charge < -0.3 is 4.42 Å². The first-order chi connectivity index (χ1) is 11.8. The molecule has 3 aromatic rings. The summed E-state index contributed by atoms with van der Waals surface area (Å²) >= 11 is 1.62. The molecule has 124 valence electrons. The van der Waals surface area contributed by atoms with Crippen LogP contribution in [0.15, 0.2) is 58.3 Å². The topological polar surface area (TPSA) is 60.9 Å². The van der Waals surface area contributed by atoms with E-state index >= 15 is 0 Å². The summed E-state index contributed by atoms with van der Waals surface area (Å²) in [4.78, 5) is 12.1. The number of carbonyl (C=O) groups excluding carboxylic acids is 1. The predicted octanol–water partition coefficient (Wildman–Crippen LogP) is 4.31. The second-order valence-electron chi connectivity index (χ2n) is 5.27. The summed E-state index contributed by atoms with van der Waals surface area (Å²) in [7, 11) is 0. The summed E-state index contributed by atoms with van der Waals surface area (Å²) in [5.41, 5.74) is 0.777. The van der Waals surface area contributed by atoms with Gasteiger partial charge in [-0.05, 0) is 25.5 Å². The van der Waals surface area contributed by atoms with Crippen LogP contribution in [0.5, 0.6) is 0 Å². The van der Waals surface area contributed by atoms with Crippen LogP contribution in [0.4, 0.5) is 0 Å². The molecule has 0 N–H and O–H groups in total. The predicted molar refractivity (Wildman–Crippen MR) is 94.1 cm³/mol. The molecule has 0 saturated carbocycles. The average molecular weight is 341 g/mol. The van der Waals surface area contributed by atoms with E-state index in [0.717, 1.165) is 41.0 Å². The molecular weight excluding hydrogens is 322 g/mol. The summed E-state index contributed by atoms with van der Waals surface area (Å²) in [5, 5.41) is 9.33. The number of carbonyl (C=O) groups is 1. The van der Waals surface area contributed by atoms with Crippen LogP contribution in [0.1, 0.15) is 30.1 Å². The molecule has 0 fully saturated rings. The molecule has 0 amide bonds. The molecule has 6 heteroatoms. The Labute approximate surface area is 145 Å². The number of rotatable bonds is 8. The van der Waals surface area contributed by atoms with Crippen molar-refractivity contribution < 1.29 is 9.21 Å². The maximum Gasteiger partial charge on any atom is 0.200 e. The van der Waals surface area contributed by atoms with E-state index in [0.29, 0.717) is 6.42 Å². The molecule has 1 aromatic carbocycles. The maximum absolute atomic E-state index is 12.1. The van der Waals surface area contributed by atoms with Gasteiger partial charge in [0.25, 0.3) is 0 Å². The van der Waals surface area contributed by atoms with Gasteiger partial charge in [-0.3, -0.25) is 9.36 Å². The van der Waals surface area contributed by atoms with Crippen molar-refractivity contribution in [3.63, 3.8) is 0 Å². The highest BCUT2D eigenvalue weighted by atomic mass is 32.2. The van der Waals surface area contributed by atoms with Crippen molar-refractivity contribution in [1.29, 1.82) is 0 Å². The van der Waals surface area contributed by atoms with Gasteiger partial charge in [0.05, 0.1) is 6.26 Å². The number of nitrogens with zero attached hydrogens (tertiary/aromatic N) is 3. The normalized spacial score (nSPS) is 10.9. The van der Waals surface area contributed by atoms with Gasteiger partial charge in [-0.2, -0.15) is 0 Å². The molecule has 0 atom stereocenters. The van der Waals surface area contributed by atoms with Gasteiger partial charge in [0, 0.05) is 24.3 Å². The number of thioether (sulfide) groups is 1. The first-order valence-electron chi connectivity index (χ1n) is 7.97. The minimum Gasteiger partial charge on any atom is -0.461 e. The third-order valence-electron chi connectivity index (χ3n) is 3.65. The molecule has 24 heavy (non-hydrogen) atoms. The number of hydrogen-bond acceptors (Lipinski definition) is 5. The van der Waals surface area contributed by atoms with E-state index in [1.807, 2.05) is 47.0 Å². The van der Waals surface area contributed by atoms with E-state index in [4.69, 9.17) is 4.42 Å². The van der Waals surface area contributed by atoms with Crippen molar-refractivity contribution in [3.8, 4) is 11.6 Å². The Morgan fingerprint density at radius 1 is 1.17 bits per heavy atom. The van der Waals surface area contributed by atoms with Crippen LogP contribution in [0.25, 0.3) is 11.6 Å². The van der Waals surface area contributed by atoms with E-state index in [1.54, 1.807) is 18.0 Å². The molecule has 0 saturated heterocycles. The lowest BCUT2D eigenvalue weighted by molar-refractivity contribution is 0.0982. The summed E-state index contributed by atoms with van der Waals surface area (Å²) in [6, 6.07) is 13.1. The molecular formula is C18H19N3O2S. The van der Waals surface area contributed by atoms with Crippen LogP contribution in [0.2, 0.25) is 0 Å². The van der Waals surface area contributed by atoms with E-state index in [2.05, 4.69) is 17.1 Å². The molecule has 0 aliphatic heterocycles. The minimum absolute atomic E-state index is 0.185. The second kappa shape index (κ2) is 7.97. The number of furan rings is 1. The number of aromatic nitrogens is 3. The fraction of sp³-hybridized carbons (Fsp3) is 0.278. The van der Waals surface area contributed by atoms with Gasteiger partial charge in [-0.1, -0.05) is 42.1 Å². The Morgan fingerprint density at radius 2 is 2.00 bits per heavy atom. The van der Waals surface area contributed by atoms with Crippen LogP contribution >= 0.6 is 11.8 Å². The first-order valence-corrected chi connectivity index (χ1v) is 8.96. The summed E-state index contributed by atoms with van der Waals surface area (Å²) in [6.07, 6.45) is 2.99. The van der Waals surface area contributed by atoms with Gasteiger partial charge in [-0.25, -0.2) is 0 Å². The first kappa shape index (κ1) is 16.5. The van der Waals surface area contributed by atoms with Crippen LogP contribution < -0.4 is 0 Å². The third kappa shape index (κ3) is 3.76. The Balaban J connectivity index is 1.55. The van der Waals surface area contributed by atoms with Crippen LogP contribution in [0.3, 0.4) is 0 Å². The minimum atomic E-state index is 0.185. The third-order valence-corrected chi connectivity index (χ3v) is 4.70. The van der Waals surface area contributed by atoms with Crippen molar-refractivity contribution >= 4 is 17.5 Å². The van der Waals surface area contributed by atoms with Crippen molar-refractivity contribution in [2.24, 2.45) is 0 Å². The molecule has 2 aromatic heterocycles. The average Bonchev–Trinajstić information content (AvgIpc) is 3.28. The number of ketones is 1. The summed E-state index contributed by atoms with van der Waals surface area (Å²) < 4.78 is 7.43. The van der Waals surface area contributed by atoms with Crippen molar-refractivity contribution in [3.05, 3.63) is 54.3 Å². The molecule has 0 unspecified atom stereocenters. The Bertz CT molecular complexity index is 782. The smallest absolute Gasteiger partial charge is 0.200 e. The highest BCUT2D eigenvalue weighted by molar-refractivity contribution is 7.99. The van der Waals surface area contributed by atoms with Gasteiger partial charge in [0.1, 0.15) is 0 Å². The van der Waals surface area contributed by atoms with Crippen LogP contribution in [-0.2, 0) is 6.54 Å². The van der Waals surface area contributed by atoms with Gasteiger partial charge in [0.15, 0.2) is 22.5 Å². The van der Waals surface area contributed by atoms with E-state index in [-0.39, 0.29) is 5.78 Å². The van der Waals surface area contributed by atoms with Gasteiger partial charge >= 0.3 is 0 Å². The largest absolute Gasteiger partial charge is 0.461 e. The Hall–Kier alpha value is -2.34. The highest BCUT2D eigenvalue weighted by Crippen LogP contribution is 2.25. The van der Waals surface area contributed by atoms with Crippen molar-refractivity contribution in [2.75, 3.05) is 5.75 Å². The zero-order valence-electron chi connectivity index (χ0n) is 13.5. The van der Waals surface area contributed by atoms with Crippen molar-refractivity contribution in [1.82, 2.24) is 14.8 Å². The molecule has 0 radical (unpaired) electrons. The monoisotopic (exact) mass is 341 g/mol. The van der Waals surface area contributed by atoms with E-state index < -0.39 is 0 Å². The second-order valence-corrected chi connectivity index (χ2v) is 6.33. The Kier molecular flexibility index (Phi) is 5.48. The van der Waals surface area contributed by atoms with Crippen molar-refractivity contribution in [2.45, 2.75) is 31.5 Å².